The number of amides is 3. The van der Waals surface area contributed by atoms with Gasteiger partial charge in [0.05, 0.1) is 17.3 Å². The lowest BCUT2D eigenvalue weighted by molar-refractivity contribution is -0.130. The van der Waals surface area contributed by atoms with Crippen LogP contribution in [0.15, 0.2) is 108 Å². The number of ether oxygens (including phenoxy) is 1. The van der Waals surface area contributed by atoms with Crippen molar-refractivity contribution >= 4 is 40.2 Å². The Morgan fingerprint density at radius 3 is 2.50 bits per heavy atom. The highest BCUT2D eigenvalue weighted by Gasteiger charge is 2.24. The van der Waals surface area contributed by atoms with E-state index in [0.717, 1.165) is 29.8 Å². The zero-order valence-electron chi connectivity index (χ0n) is 32.8. The topological polar surface area (TPSA) is 176 Å². The number of anilines is 2. The van der Waals surface area contributed by atoms with Crippen molar-refractivity contribution in [3.63, 3.8) is 0 Å². The highest BCUT2D eigenvalue weighted by molar-refractivity contribution is 5.92. The first kappa shape index (κ1) is 41.6. The fourth-order valence-corrected chi connectivity index (χ4v) is 7.21. The molecule has 6 rings (SSSR count). The molecule has 1 fully saturated rings. The minimum absolute atomic E-state index is 0.0248. The van der Waals surface area contributed by atoms with Gasteiger partial charge in [0.15, 0.2) is 0 Å². The number of aromatic hydroxyl groups is 1. The standard InChI is InChI=1S/C45H52N6O7/c1-50(43(56)23-28-51-26-21-34(22-27-51)58-45(57)48-38-14-6-5-13-35(38)32-10-3-2-4-11-32)25-8-15-41(54)47-33-12-7-9-31(29-33)20-24-46-30-40(53)36-16-18-39(52)44-37(36)17-19-42(55)49-44/h2-7,9-14,16-19,29,34,40,46,52-53H,8,15,20-28,30H2,1H3,(H,47,54)(H,48,57)(H,49,55). The second-order valence-electron chi connectivity index (χ2n) is 14.7. The molecular weight excluding hydrogens is 737 g/mol. The number of carbonyl (C=O) groups is 3. The van der Waals surface area contributed by atoms with Gasteiger partial charge in [0, 0.05) is 75.3 Å². The first-order valence-electron chi connectivity index (χ1n) is 19.8. The summed E-state index contributed by atoms with van der Waals surface area (Å²) < 4.78 is 5.75. The van der Waals surface area contributed by atoms with Crippen molar-refractivity contribution in [1.82, 2.24) is 20.1 Å². The maximum Gasteiger partial charge on any atom is 0.411 e. The molecule has 2 heterocycles. The minimum Gasteiger partial charge on any atom is -0.506 e. The van der Waals surface area contributed by atoms with Crippen LogP contribution in [0.3, 0.4) is 0 Å². The average molecular weight is 789 g/mol. The smallest absolute Gasteiger partial charge is 0.411 e. The van der Waals surface area contributed by atoms with Crippen LogP contribution in [0.5, 0.6) is 5.75 Å². The monoisotopic (exact) mass is 788 g/mol. The molecule has 6 N–H and O–H groups in total. The van der Waals surface area contributed by atoms with Crippen LogP contribution in [0.1, 0.15) is 49.3 Å². The molecule has 58 heavy (non-hydrogen) atoms. The molecule has 1 aromatic heterocycles. The second-order valence-corrected chi connectivity index (χ2v) is 14.7. The first-order valence-corrected chi connectivity index (χ1v) is 19.8. The summed E-state index contributed by atoms with van der Waals surface area (Å²) in [5.41, 5.74) is 4.91. The molecule has 304 valence electrons. The van der Waals surface area contributed by atoms with Gasteiger partial charge in [-0.05, 0) is 79.3 Å². The number of aromatic nitrogens is 1. The summed E-state index contributed by atoms with van der Waals surface area (Å²) in [7, 11) is 1.76. The Morgan fingerprint density at radius 2 is 1.69 bits per heavy atom. The van der Waals surface area contributed by atoms with Crippen LogP contribution in [0, 0.1) is 0 Å². The van der Waals surface area contributed by atoms with E-state index in [1.807, 2.05) is 78.9 Å². The van der Waals surface area contributed by atoms with Crippen molar-refractivity contribution in [2.75, 3.05) is 56.9 Å². The molecule has 1 aliphatic heterocycles. The Hall–Kier alpha value is -6.02. The molecule has 13 nitrogen and oxygen atoms in total. The molecule has 1 unspecified atom stereocenters. The van der Waals surface area contributed by atoms with Crippen LogP contribution >= 0.6 is 0 Å². The highest BCUT2D eigenvalue weighted by atomic mass is 16.6. The van der Waals surface area contributed by atoms with Crippen LogP contribution in [-0.2, 0) is 20.7 Å². The highest BCUT2D eigenvalue weighted by Crippen LogP contribution is 2.29. The molecule has 0 bridgehead atoms. The van der Waals surface area contributed by atoms with E-state index in [9.17, 15) is 29.4 Å². The summed E-state index contributed by atoms with van der Waals surface area (Å²) in [5, 5.41) is 30.6. The number of H-pyrrole nitrogens is 1. The van der Waals surface area contributed by atoms with Crippen molar-refractivity contribution < 1.29 is 29.3 Å². The Balaban J connectivity index is 0.835. The van der Waals surface area contributed by atoms with Crippen molar-refractivity contribution in [2.24, 2.45) is 0 Å². The van der Waals surface area contributed by atoms with Gasteiger partial charge in [-0.1, -0.05) is 66.7 Å². The minimum atomic E-state index is -0.851. The normalized spacial score (nSPS) is 13.8. The number of pyridine rings is 1. The van der Waals surface area contributed by atoms with E-state index in [0.29, 0.717) is 79.6 Å². The number of rotatable bonds is 17. The van der Waals surface area contributed by atoms with Crippen LogP contribution in [0.2, 0.25) is 0 Å². The Kier molecular flexibility index (Phi) is 14.6. The van der Waals surface area contributed by atoms with Gasteiger partial charge in [-0.15, -0.1) is 0 Å². The molecule has 0 spiro atoms. The summed E-state index contributed by atoms with van der Waals surface area (Å²) in [6.45, 7) is 3.42. The number of likely N-dealkylation sites (tertiary alicyclic amines) is 1. The number of benzene rings is 4. The number of hydrogen-bond acceptors (Lipinski definition) is 9. The molecule has 0 radical (unpaired) electrons. The molecule has 1 atom stereocenters. The maximum absolute atomic E-state index is 12.9. The van der Waals surface area contributed by atoms with E-state index in [1.165, 1.54) is 12.1 Å². The Morgan fingerprint density at radius 1 is 0.914 bits per heavy atom. The largest absolute Gasteiger partial charge is 0.506 e. The zero-order valence-corrected chi connectivity index (χ0v) is 32.8. The molecule has 1 aliphatic rings. The van der Waals surface area contributed by atoms with E-state index in [-0.39, 0.29) is 42.2 Å². The number of nitrogens with zero attached hydrogens (tertiary/aromatic N) is 2. The van der Waals surface area contributed by atoms with Crippen LogP contribution in [0.4, 0.5) is 16.2 Å². The van der Waals surface area contributed by atoms with Crippen molar-refractivity contribution in [2.45, 2.75) is 50.7 Å². The second kappa shape index (κ2) is 20.4. The number of hydrogen-bond donors (Lipinski definition) is 6. The lowest BCUT2D eigenvalue weighted by Gasteiger charge is -2.31. The van der Waals surface area contributed by atoms with Gasteiger partial charge in [-0.2, -0.15) is 0 Å². The molecule has 1 saturated heterocycles. The summed E-state index contributed by atoms with van der Waals surface area (Å²) in [5.74, 6) is -0.155. The fraction of sp³-hybridized carbons (Fsp3) is 0.333. The molecule has 0 saturated carbocycles. The van der Waals surface area contributed by atoms with Gasteiger partial charge >= 0.3 is 6.09 Å². The fourth-order valence-electron chi connectivity index (χ4n) is 7.21. The first-order chi connectivity index (χ1) is 28.1. The van der Waals surface area contributed by atoms with Crippen LogP contribution in [-0.4, -0.2) is 95.3 Å². The van der Waals surface area contributed by atoms with Crippen molar-refractivity contribution in [3.05, 3.63) is 125 Å². The summed E-state index contributed by atoms with van der Waals surface area (Å²) in [4.78, 5) is 56.6. The zero-order chi connectivity index (χ0) is 40.9. The van der Waals surface area contributed by atoms with Gasteiger partial charge in [0.2, 0.25) is 17.4 Å². The number of para-hydroxylation sites is 1. The van der Waals surface area contributed by atoms with Gasteiger partial charge < -0.3 is 40.4 Å². The van der Waals surface area contributed by atoms with Gasteiger partial charge in [-0.3, -0.25) is 19.7 Å². The van der Waals surface area contributed by atoms with E-state index >= 15 is 0 Å². The van der Waals surface area contributed by atoms with Crippen LogP contribution < -0.4 is 21.5 Å². The lowest BCUT2D eigenvalue weighted by atomic mass is 10.0. The summed E-state index contributed by atoms with van der Waals surface area (Å²) in [6.07, 6.45) is 1.74. The molecule has 5 aromatic rings. The maximum atomic E-state index is 12.9. The van der Waals surface area contributed by atoms with E-state index in [2.05, 4.69) is 25.8 Å². The van der Waals surface area contributed by atoms with Crippen LogP contribution in [0.25, 0.3) is 22.0 Å². The van der Waals surface area contributed by atoms with Gasteiger partial charge in [0.1, 0.15) is 11.9 Å². The van der Waals surface area contributed by atoms with E-state index in [4.69, 9.17) is 4.74 Å². The quantitative estimate of drug-likeness (QED) is 0.0613. The number of aliphatic hydroxyl groups is 1. The number of nitrogens with one attached hydrogen (secondary N) is 4. The Labute approximate surface area is 338 Å². The average Bonchev–Trinajstić information content (AvgIpc) is 3.23. The third kappa shape index (κ3) is 11.8. The van der Waals surface area contributed by atoms with E-state index < -0.39 is 12.2 Å². The Bertz CT molecular complexity index is 2220. The molecular formula is C45H52N6O7. The number of fused-ring (bicyclic) bond motifs is 1. The van der Waals surface area contributed by atoms with Crippen molar-refractivity contribution in [1.29, 1.82) is 0 Å². The van der Waals surface area contributed by atoms with Gasteiger partial charge in [0.25, 0.3) is 0 Å². The third-order valence-corrected chi connectivity index (χ3v) is 10.4. The third-order valence-electron chi connectivity index (χ3n) is 10.4. The SMILES string of the molecule is CN(CCCC(=O)Nc1cccc(CCNCC(O)c2ccc(O)c3[nH]c(=O)ccc23)c1)C(=O)CCN1CCC(OC(=O)Nc2ccccc2-c2ccccc2)CC1. The summed E-state index contributed by atoms with van der Waals surface area (Å²) in [6, 6.07) is 31.2. The lowest BCUT2D eigenvalue weighted by Crippen LogP contribution is -2.40. The predicted molar refractivity (Wildman–Crippen MR) is 226 cm³/mol. The number of aliphatic hydroxyl groups excluding tert-OH is 1. The number of phenols is 1. The summed E-state index contributed by atoms with van der Waals surface area (Å²) >= 11 is 0. The number of piperidine rings is 1. The number of phenolic OH excluding ortho intramolecular Hbond substituents is 1. The van der Waals surface area contributed by atoms with Gasteiger partial charge in [-0.25, -0.2) is 4.79 Å². The van der Waals surface area contributed by atoms with E-state index in [1.54, 1.807) is 24.1 Å². The molecule has 0 aliphatic carbocycles. The number of aromatic amines is 1. The van der Waals surface area contributed by atoms with Crippen molar-refractivity contribution in [3.8, 4) is 16.9 Å². The molecule has 4 aromatic carbocycles. The predicted octanol–water partition coefficient (Wildman–Crippen LogP) is 6.05. The number of carbonyl (C=O) groups excluding carboxylic acids is 3. The molecule has 13 heteroatoms. The molecule has 3 amide bonds.